The number of para-hydroxylation sites is 1. The van der Waals surface area contributed by atoms with E-state index in [9.17, 15) is 0 Å². The number of piperazine rings is 1. The van der Waals surface area contributed by atoms with E-state index in [0.717, 1.165) is 19.6 Å². The van der Waals surface area contributed by atoms with Crippen molar-refractivity contribution in [1.29, 1.82) is 0 Å². The second-order valence-electron chi connectivity index (χ2n) is 6.11. The lowest BCUT2D eigenvalue weighted by atomic mass is 10.2. The van der Waals surface area contributed by atoms with Gasteiger partial charge in [-0.05, 0) is 18.6 Å². The van der Waals surface area contributed by atoms with Crippen LogP contribution in [0.5, 0.6) is 0 Å². The number of nitrogens with zero attached hydrogens (tertiary/aromatic N) is 3. The standard InChI is InChI=1S/C17H27N3O/c1-21-17-7-8-19(15-17)10-9-18-11-13-20(14-12-18)16-5-3-2-4-6-16/h2-6,17H,7-15H2,1H3/t17-/m1/s1. The predicted molar refractivity (Wildman–Crippen MR) is 86.9 cm³/mol. The van der Waals surface area contributed by atoms with Crippen LogP contribution in [0, 0.1) is 0 Å². The Morgan fingerprint density at radius 3 is 2.33 bits per heavy atom. The van der Waals surface area contributed by atoms with E-state index in [1.807, 2.05) is 7.11 Å². The van der Waals surface area contributed by atoms with Gasteiger partial charge in [-0.2, -0.15) is 0 Å². The van der Waals surface area contributed by atoms with E-state index >= 15 is 0 Å². The molecule has 4 heteroatoms. The molecule has 4 nitrogen and oxygen atoms in total. The Balaban J connectivity index is 1.38. The summed E-state index contributed by atoms with van der Waals surface area (Å²) in [5.41, 5.74) is 1.36. The first-order valence-corrected chi connectivity index (χ1v) is 8.12. The number of hydrogen-bond acceptors (Lipinski definition) is 4. The third kappa shape index (κ3) is 3.96. The topological polar surface area (TPSA) is 19.0 Å². The molecule has 0 saturated carbocycles. The molecule has 0 spiro atoms. The lowest BCUT2D eigenvalue weighted by Gasteiger charge is -2.36. The molecule has 1 aromatic carbocycles. The number of rotatable bonds is 5. The van der Waals surface area contributed by atoms with Crippen LogP contribution in [0.2, 0.25) is 0 Å². The molecule has 3 rings (SSSR count). The fourth-order valence-electron chi connectivity index (χ4n) is 3.34. The third-order valence-corrected chi connectivity index (χ3v) is 4.79. The van der Waals surface area contributed by atoms with Crippen molar-refractivity contribution in [2.24, 2.45) is 0 Å². The van der Waals surface area contributed by atoms with Crippen LogP contribution < -0.4 is 4.90 Å². The van der Waals surface area contributed by atoms with E-state index in [-0.39, 0.29) is 0 Å². The molecular formula is C17H27N3O. The second-order valence-corrected chi connectivity index (χ2v) is 6.11. The molecule has 0 unspecified atom stereocenters. The maximum atomic E-state index is 5.43. The summed E-state index contributed by atoms with van der Waals surface area (Å²) in [5.74, 6) is 0. The number of anilines is 1. The Morgan fingerprint density at radius 1 is 0.952 bits per heavy atom. The predicted octanol–water partition coefficient (Wildman–Crippen LogP) is 1.53. The molecular weight excluding hydrogens is 262 g/mol. The van der Waals surface area contributed by atoms with Gasteiger partial charge in [-0.3, -0.25) is 9.80 Å². The van der Waals surface area contributed by atoms with Crippen molar-refractivity contribution < 1.29 is 4.74 Å². The molecule has 1 atom stereocenters. The zero-order chi connectivity index (χ0) is 14.5. The average Bonchev–Trinajstić information content (AvgIpc) is 3.02. The van der Waals surface area contributed by atoms with Gasteiger partial charge in [0.1, 0.15) is 0 Å². The van der Waals surface area contributed by atoms with E-state index in [1.165, 1.54) is 44.8 Å². The van der Waals surface area contributed by atoms with Crippen LogP contribution in [0.1, 0.15) is 6.42 Å². The molecule has 0 bridgehead atoms. The van der Waals surface area contributed by atoms with E-state index in [2.05, 4.69) is 45.0 Å². The van der Waals surface area contributed by atoms with Crippen LogP contribution in [0.15, 0.2) is 30.3 Å². The van der Waals surface area contributed by atoms with Gasteiger partial charge in [-0.1, -0.05) is 18.2 Å². The van der Waals surface area contributed by atoms with Crippen molar-refractivity contribution in [3.05, 3.63) is 30.3 Å². The van der Waals surface area contributed by atoms with Gasteiger partial charge in [0.25, 0.3) is 0 Å². The van der Waals surface area contributed by atoms with Crippen LogP contribution in [0.25, 0.3) is 0 Å². The van der Waals surface area contributed by atoms with Crippen molar-refractivity contribution >= 4 is 5.69 Å². The molecule has 0 amide bonds. The SMILES string of the molecule is CO[C@@H]1CCN(CCN2CCN(c3ccccc3)CC2)C1. The molecule has 1 aromatic rings. The van der Waals surface area contributed by atoms with E-state index < -0.39 is 0 Å². The molecule has 2 aliphatic heterocycles. The minimum atomic E-state index is 0.458. The quantitative estimate of drug-likeness (QED) is 0.818. The van der Waals surface area contributed by atoms with Gasteiger partial charge in [-0.25, -0.2) is 0 Å². The first kappa shape index (κ1) is 14.8. The van der Waals surface area contributed by atoms with Crippen molar-refractivity contribution in [2.75, 3.05) is 64.4 Å². The maximum absolute atomic E-state index is 5.43. The molecule has 0 N–H and O–H groups in total. The Bertz CT molecular complexity index is 417. The molecule has 2 saturated heterocycles. The summed E-state index contributed by atoms with van der Waals surface area (Å²) in [5, 5.41) is 0. The summed E-state index contributed by atoms with van der Waals surface area (Å²) in [7, 11) is 1.83. The minimum absolute atomic E-state index is 0.458. The van der Waals surface area contributed by atoms with Gasteiger partial charge in [0.05, 0.1) is 6.10 Å². The van der Waals surface area contributed by atoms with Crippen LogP contribution in [-0.4, -0.2) is 75.4 Å². The molecule has 2 fully saturated rings. The highest BCUT2D eigenvalue weighted by Gasteiger charge is 2.23. The maximum Gasteiger partial charge on any atom is 0.0710 e. The molecule has 2 aliphatic rings. The van der Waals surface area contributed by atoms with Crippen molar-refractivity contribution in [2.45, 2.75) is 12.5 Å². The lowest BCUT2D eigenvalue weighted by Crippen LogP contribution is -2.48. The number of ether oxygens (including phenoxy) is 1. The molecule has 0 aromatic heterocycles. The minimum Gasteiger partial charge on any atom is -0.380 e. The first-order valence-electron chi connectivity index (χ1n) is 8.12. The average molecular weight is 289 g/mol. The fourth-order valence-corrected chi connectivity index (χ4v) is 3.34. The summed E-state index contributed by atoms with van der Waals surface area (Å²) >= 11 is 0. The Hall–Kier alpha value is -1.10. The Morgan fingerprint density at radius 2 is 1.67 bits per heavy atom. The highest BCUT2D eigenvalue weighted by atomic mass is 16.5. The van der Waals surface area contributed by atoms with Crippen LogP contribution in [0.4, 0.5) is 5.69 Å². The largest absolute Gasteiger partial charge is 0.380 e. The van der Waals surface area contributed by atoms with E-state index in [0.29, 0.717) is 6.10 Å². The summed E-state index contributed by atoms with van der Waals surface area (Å²) < 4.78 is 5.43. The number of benzene rings is 1. The monoisotopic (exact) mass is 289 g/mol. The fraction of sp³-hybridized carbons (Fsp3) is 0.647. The number of methoxy groups -OCH3 is 1. The van der Waals surface area contributed by atoms with Gasteiger partial charge >= 0.3 is 0 Å². The summed E-state index contributed by atoms with van der Waals surface area (Å²) in [4.78, 5) is 7.63. The number of likely N-dealkylation sites (tertiary alicyclic amines) is 1. The number of hydrogen-bond donors (Lipinski definition) is 0. The summed E-state index contributed by atoms with van der Waals surface area (Å²) in [6.45, 7) is 9.33. The van der Waals surface area contributed by atoms with E-state index in [4.69, 9.17) is 4.74 Å². The molecule has 2 heterocycles. The van der Waals surface area contributed by atoms with Gasteiger partial charge in [0.15, 0.2) is 0 Å². The smallest absolute Gasteiger partial charge is 0.0710 e. The van der Waals surface area contributed by atoms with Crippen molar-refractivity contribution in [3.63, 3.8) is 0 Å². The molecule has 116 valence electrons. The normalized spacial score (nSPS) is 24.6. The van der Waals surface area contributed by atoms with Crippen molar-refractivity contribution in [3.8, 4) is 0 Å². The van der Waals surface area contributed by atoms with E-state index in [1.54, 1.807) is 0 Å². The second kappa shape index (κ2) is 7.25. The molecule has 0 aliphatic carbocycles. The highest BCUT2D eigenvalue weighted by Crippen LogP contribution is 2.16. The molecule has 21 heavy (non-hydrogen) atoms. The van der Waals surface area contributed by atoms with Gasteiger partial charge in [0.2, 0.25) is 0 Å². The molecule has 0 radical (unpaired) electrons. The highest BCUT2D eigenvalue weighted by molar-refractivity contribution is 5.46. The van der Waals surface area contributed by atoms with Crippen LogP contribution >= 0.6 is 0 Å². The summed E-state index contributed by atoms with van der Waals surface area (Å²) in [6, 6.07) is 10.8. The van der Waals surface area contributed by atoms with Crippen molar-refractivity contribution in [1.82, 2.24) is 9.80 Å². The summed E-state index contributed by atoms with van der Waals surface area (Å²) in [6.07, 6.45) is 1.65. The first-order chi connectivity index (χ1) is 10.3. The van der Waals surface area contributed by atoms with Gasteiger partial charge in [0, 0.05) is 65.2 Å². The zero-order valence-electron chi connectivity index (χ0n) is 13.1. The zero-order valence-corrected chi connectivity index (χ0v) is 13.1. The lowest BCUT2D eigenvalue weighted by molar-refractivity contribution is 0.106. The van der Waals surface area contributed by atoms with Crippen LogP contribution in [-0.2, 0) is 4.74 Å². The third-order valence-electron chi connectivity index (χ3n) is 4.79. The van der Waals surface area contributed by atoms with Crippen LogP contribution in [0.3, 0.4) is 0 Å². The van der Waals surface area contributed by atoms with Gasteiger partial charge < -0.3 is 9.64 Å². The van der Waals surface area contributed by atoms with Gasteiger partial charge in [-0.15, -0.1) is 0 Å². The Kier molecular flexibility index (Phi) is 5.12. The Labute approximate surface area is 128 Å².